The molecule has 0 aliphatic heterocycles. The summed E-state index contributed by atoms with van der Waals surface area (Å²) in [7, 11) is 0. The molecule has 0 unspecified atom stereocenters. The molecule has 1 aromatic carbocycles. The zero-order valence-corrected chi connectivity index (χ0v) is 9.54. The molecule has 1 heterocycles. The van der Waals surface area contributed by atoms with Crippen LogP contribution in [0.25, 0.3) is 11.3 Å². The summed E-state index contributed by atoms with van der Waals surface area (Å²) in [5.74, 6) is -0.279. The fraction of sp³-hybridized carbons (Fsp3) is 0.0833. The quantitative estimate of drug-likeness (QED) is 0.754. The molecule has 0 fully saturated rings. The second kappa shape index (κ2) is 4.53. The number of pyridine rings is 1. The van der Waals surface area contributed by atoms with Gasteiger partial charge in [-0.2, -0.15) is 0 Å². The lowest BCUT2D eigenvalue weighted by atomic mass is 10.1. The molecule has 1 aromatic heterocycles. The van der Waals surface area contributed by atoms with Crippen molar-refractivity contribution in [2.45, 2.75) is 5.33 Å². The van der Waals surface area contributed by atoms with Gasteiger partial charge in [-0.1, -0.05) is 46.3 Å². The van der Waals surface area contributed by atoms with Crippen molar-refractivity contribution in [1.82, 2.24) is 4.98 Å². The number of halogens is 2. The molecule has 0 bridgehead atoms. The molecule has 0 N–H and O–H groups in total. The Labute approximate surface area is 96.1 Å². The van der Waals surface area contributed by atoms with E-state index < -0.39 is 0 Å². The van der Waals surface area contributed by atoms with E-state index in [9.17, 15) is 4.39 Å². The summed E-state index contributed by atoms with van der Waals surface area (Å²) in [6.07, 6.45) is 1.68. The van der Waals surface area contributed by atoms with E-state index in [1.807, 2.05) is 30.3 Å². The monoisotopic (exact) mass is 265 g/mol. The van der Waals surface area contributed by atoms with E-state index in [2.05, 4.69) is 20.9 Å². The Morgan fingerprint density at radius 3 is 2.53 bits per heavy atom. The van der Waals surface area contributed by atoms with Gasteiger partial charge in [0.15, 0.2) is 0 Å². The Hall–Kier alpha value is -1.22. The van der Waals surface area contributed by atoms with E-state index in [0.29, 0.717) is 11.0 Å². The summed E-state index contributed by atoms with van der Waals surface area (Å²) in [6.45, 7) is 0. The fourth-order valence-corrected chi connectivity index (χ4v) is 1.67. The highest BCUT2D eigenvalue weighted by Gasteiger charge is 2.06. The lowest BCUT2D eigenvalue weighted by Gasteiger charge is -2.03. The first-order chi connectivity index (χ1) is 7.31. The topological polar surface area (TPSA) is 12.9 Å². The minimum Gasteiger partial charge on any atom is -0.253 e. The molecule has 0 amide bonds. The molecule has 0 saturated heterocycles. The number of hydrogen-bond donors (Lipinski definition) is 0. The Kier molecular flexibility index (Phi) is 3.11. The van der Waals surface area contributed by atoms with Crippen LogP contribution in [-0.2, 0) is 5.33 Å². The minimum absolute atomic E-state index is 0.279. The number of alkyl halides is 1. The summed E-state index contributed by atoms with van der Waals surface area (Å²) in [5, 5.41) is 0.617. The van der Waals surface area contributed by atoms with Crippen molar-refractivity contribution in [3.63, 3.8) is 0 Å². The summed E-state index contributed by atoms with van der Waals surface area (Å²) >= 11 is 3.27. The molecule has 15 heavy (non-hydrogen) atoms. The third kappa shape index (κ3) is 2.23. The van der Waals surface area contributed by atoms with Crippen LogP contribution in [0.15, 0.2) is 42.6 Å². The van der Waals surface area contributed by atoms with Crippen LogP contribution in [0.3, 0.4) is 0 Å². The molecule has 0 aliphatic rings. The van der Waals surface area contributed by atoms with Gasteiger partial charge >= 0.3 is 0 Å². The predicted octanol–water partition coefficient (Wildman–Crippen LogP) is 3.78. The summed E-state index contributed by atoms with van der Waals surface area (Å²) in [5.41, 5.74) is 2.05. The fourth-order valence-electron chi connectivity index (χ4n) is 1.36. The molecule has 1 nitrogen and oxygen atoms in total. The van der Waals surface area contributed by atoms with Crippen LogP contribution in [0.5, 0.6) is 0 Å². The van der Waals surface area contributed by atoms with Crippen LogP contribution in [0, 0.1) is 5.82 Å². The lowest BCUT2D eigenvalue weighted by molar-refractivity contribution is 0.624. The van der Waals surface area contributed by atoms with Crippen molar-refractivity contribution in [3.8, 4) is 11.3 Å². The molecule has 2 aromatic rings. The Balaban J connectivity index is 2.46. The van der Waals surface area contributed by atoms with E-state index in [-0.39, 0.29) is 5.82 Å². The van der Waals surface area contributed by atoms with Gasteiger partial charge in [0.05, 0.1) is 0 Å². The lowest BCUT2D eigenvalue weighted by Crippen LogP contribution is -1.91. The number of hydrogen-bond acceptors (Lipinski definition) is 1. The van der Waals surface area contributed by atoms with E-state index in [4.69, 9.17) is 0 Å². The third-order valence-corrected chi connectivity index (χ3v) is 2.75. The molecule has 0 atom stereocenters. The Bertz CT molecular complexity index is 456. The molecular weight excluding hydrogens is 257 g/mol. The van der Waals surface area contributed by atoms with Crippen LogP contribution in [0.4, 0.5) is 4.39 Å². The smallest absolute Gasteiger partial charge is 0.149 e. The largest absolute Gasteiger partial charge is 0.253 e. The molecule has 3 heteroatoms. The van der Waals surface area contributed by atoms with E-state index in [1.54, 1.807) is 6.20 Å². The average Bonchev–Trinajstić information content (AvgIpc) is 2.30. The van der Waals surface area contributed by atoms with Gasteiger partial charge in [0.1, 0.15) is 11.5 Å². The minimum atomic E-state index is -0.279. The zero-order chi connectivity index (χ0) is 10.7. The van der Waals surface area contributed by atoms with Crippen LogP contribution in [-0.4, -0.2) is 4.98 Å². The van der Waals surface area contributed by atoms with Crippen LogP contribution >= 0.6 is 15.9 Å². The molecule has 76 valence electrons. The van der Waals surface area contributed by atoms with Gasteiger partial charge < -0.3 is 0 Å². The van der Waals surface area contributed by atoms with E-state index in [1.165, 1.54) is 6.07 Å². The van der Waals surface area contributed by atoms with Crippen molar-refractivity contribution in [2.24, 2.45) is 0 Å². The second-order valence-corrected chi connectivity index (χ2v) is 3.73. The highest BCUT2D eigenvalue weighted by Crippen LogP contribution is 2.21. The molecule has 0 radical (unpaired) electrons. The standard InChI is InChI=1S/C12H9BrFN/c13-7-9-6-11(14)12(15-8-9)10-4-2-1-3-5-10/h1-6,8H,7H2. The molecule has 2 rings (SSSR count). The summed E-state index contributed by atoms with van der Waals surface area (Å²) in [6, 6.07) is 10.8. The number of nitrogens with zero attached hydrogens (tertiary/aromatic N) is 1. The highest BCUT2D eigenvalue weighted by molar-refractivity contribution is 9.08. The van der Waals surface area contributed by atoms with Gasteiger partial charge in [-0.05, 0) is 11.6 Å². The Morgan fingerprint density at radius 2 is 1.93 bits per heavy atom. The number of benzene rings is 1. The van der Waals surface area contributed by atoms with Crippen LogP contribution < -0.4 is 0 Å². The maximum atomic E-state index is 13.6. The molecule has 0 aliphatic carbocycles. The van der Waals surface area contributed by atoms with Crippen molar-refractivity contribution in [3.05, 3.63) is 54.0 Å². The third-order valence-electron chi connectivity index (χ3n) is 2.10. The predicted molar refractivity (Wildman–Crippen MR) is 62.3 cm³/mol. The number of rotatable bonds is 2. The normalized spacial score (nSPS) is 10.3. The molecule has 0 saturated carbocycles. The van der Waals surface area contributed by atoms with Gasteiger partial charge in [-0.25, -0.2) is 4.39 Å². The first kappa shape index (κ1) is 10.3. The van der Waals surface area contributed by atoms with Gasteiger partial charge in [0.2, 0.25) is 0 Å². The van der Waals surface area contributed by atoms with Crippen molar-refractivity contribution < 1.29 is 4.39 Å². The van der Waals surface area contributed by atoms with Gasteiger partial charge in [0, 0.05) is 17.1 Å². The zero-order valence-electron chi connectivity index (χ0n) is 7.95. The molecular formula is C12H9BrFN. The van der Waals surface area contributed by atoms with Crippen molar-refractivity contribution in [1.29, 1.82) is 0 Å². The van der Waals surface area contributed by atoms with Crippen molar-refractivity contribution >= 4 is 15.9 Å². The second-order valence-electron chi connectivity index (χ2n) is 3.17. The van der Waals surface area contributed by atoms with Crippen LogP contribution in [0.1, 0.15) is 5.56 Å². The van der Waals surface area contributed by atoms with Gasteiger partial charge in [-0.3, -0.25) is 4.98 Å². The van der Waals surface area contributed by atoms with E-state index in [0.717, 1.165) is 11.1 Å². The summed E-state index contributed by atoms with van der Waals surface area (Å²) < 4.78 is 13.6. The maximum Gasteiger partial charge on any atom is 0.149 e. The average molecular weight is 266 g/mol. The van der Waals surface area contributed by atoms with Gasteiger partial charge in [-0.15, -0.1) is 0 Å². The van der Waals surface area contributed by atoms with E-state index >= 15 is 0 Å². The molecule has 0 spiro atoms. The number of aromatic nitrogens is 1. The van der Waals surface area contributed by atoms with Crippen LogP contribution in [0.2, 0.25) is 0 Å². The highest BCUT2D eigenvalue weighted by atomic mass is 79.9. The maximum absolute atomic E-state index is 13.6. The Morgan fingerprint density at radius 1 is 1.20 bits per heavy atom. The van der Waals surface area contributed by atoms with Gasteiger partial charge in [0.25, 0.3) is 0 Å². The van der Waals surface area contributed by atoms with Crippen molar-refractivity contribution in [2.75, 3.05) is 0 Å². The first-order valence-electron chi connectivity index (χ1n) is 4.57. The first-order valence-corrected chi connectivity index (χ1v) is 5.69. The summed E-state index contributed by atoms with van der Waals surface area (Å²) in [4.78, 5) is 4.11. The SMILES string of the molecule is Fc1cc(CBr)cnc1-c1ccccc1.